The van der Waals surface area contributed by atoms with Crippen LogP contribution >= 0.6 is 0 Å². The maximum absolute atomic E-state index is 5.24. The Morgan fingerprint density at radius 3 is 2.52 bits per heavy atom. The normalized spacial score (nSPS) is 15.7. The molecule has 1 aromatic carbocycles. The fraction of sp³-hybridized carbons (Fsp3) is 0.350. The third kappa shape index (κ3) is 3.20. The topological polar surface area (TPSA) is 33.5 Å². The van der Waals surface area contributed by atoms with Crippen LogP contribution in [0.3, 0.4) is 0 Å². The summed E-state index contributed by atoms with van der Waals surface area (Å²) in [7, 11) is 3.77. The fourth-order valence-electron chi connectivity index (χ4n) is 3.62. The molecule has 0 saturated carbocycles. The summed E-state index contributed by atoms with van der Waals surface area (Å²) in [5, 5.41) is 1.27. The highest BCUT2D eigenvalue weighted by Crippen LogP contribution is 2.23. The lowest BCUT2D eigenvalue weighted by Crippen LogP contribution is -2.45. The Bertz CT molecular complexity index is 848. The summed E-state index contributed by atoms with van der Waals surface area (Å²) >= 11 is 0. The summed E-state index contributed by atoms with van der Waals surface area (Å²) in [5.74, 6) is 0.909. The van der Waals surface area contributed by atoms with Crippen LogP contribution in [0.15, 0.2) is 48.8 Å². The van der Waals surface area contributed by atoms with Gasteiger partial charge < -0.3 is 14.2 Å². The van der Waals surface area contributed by atoms with Crippen LogP contribution in [0.25, 0.3) is 11.0 Å². The van der Waals surface area contributed by atoms with Crippen molar-refractivity contribution < 1.29 is 4.74 Å². The van der Waals surface area contributed by atoms with Gasteiger partial charge in [0.1, 0.15) is 11.4 Å². The van der Waals surface area contributed by atoms with E-state index in [2.05, 4.69) is 50.8 Å². The largest absolute Gasteiger partial charge is 0.497 e. The molecule has 0 unspecified atom stereocenters. The van der Waals surface area contributed by atoms with E-state index in [0.29, 0.717) is 0 Å². The number of methoxy groups -OCH3 is 1. The predicted octanol–water partition coefficient (Wildman–Crippen LogP) is 2.90. The second kappa shape index (κ2) is 6.76. The maximum atomic E-state index is 5.24. The Hall–Kier alpha value is -2.53. The first-order valence-electron chi connectivity index (χ1n) is 8.75. The fourth-order valence-corrected chi connectivity index (χ4v) is 3.62. The standard InChI is InChI=1S/C20H24N4O/c1-22-14-16(19-4-3-9-21-20(19)22)15-23-10-12-24(13-11-23)17-5-7-18(25-2)8-6-17/h3-9,14H,10-13,15H2,1-2H3. The van der Waals surface area contributed by atoms with Gasteiger partial charge in [-0.05, 0) is 42.0 Å². The predicted molar refractivity (Wildman–Crippen MR) is 101 cm³/mol. The van der Waals surface area contributed by atoms with Crippen molar-refractivity contribution in [3.05, 3.63) is 54.4 Å². The van der Waals surface area contributed by atoms with Crippen LogP contribution in [0.5, 0.6) is 5.75 Å². The minimum atomic E-state index is 0.909. The lowest BCUT2D eigenvalue weighted by atomic mass is 10.2. The van der Waals surface area contributed by atoms with Gasteiger partial charge in [0.25, 0.3) is 0 Å². The molecule has 0 N–H and O–H groups in total. The van der Waals surface area contributed by atoms with Crippen molar-refractivity contribution in [2.24, 2.45) is 7.05 Å². The first kappa shape index (κ1) is 16.0. The Kier molecular flexibility index (Phi) is 4.32. The Morgan fingerprint density at radius 1 is 1.04 bits per heavy atom. The number of hydrogen-bond acceptors (Lipinski definition) is 4. The molecule has 0 atom stereocenters. The SMILES string of the molecule is COc1ccc(N2CCN(Cc3cn(C)c4ncccc34)CC2)cc1. The highest BCUT2D eigenvalue weighted by atomic mass is 16.5. The number of rotatable bonds is 4. The van der Waals surface area contributed by atoms with E-state index in [-0.39, 0.29) is 0 Å². The van der Waals surface area contributed by atoms with E-state index >= 15 is 0 Å². The number of aromatic nitrogens is 2. The van der Waals surface area contributed by atoms with Crippen molar-refractivity contribution in [3.63, 3.8) is 0 Å². The average molecular weight is 336 g/mol. The Morgan fingerprint density at radius 2 is 1.80 bits per heavy atom. The van der Waals surface area contributed by atoms with Crippen LogP contribution in [0, 0.1) is 0 Å². The third-order valence-corrected chi connectivity index (χ3v) is 5.02. The van der Waals surface area contributed by atoms with E-state index in [1.165, 1.54) is 16.6 Å². The minimum absolute atomic E-state index is 0.909. The van der Waals surface area contributed by atoms with E-state index in [1.807, 2.05) is 24.4 Å². The first-order chi connectivity index (χ1) is 12.2. The van der Waals surface area contributed by atoms with Crippen LogP contribution in [-0.4, -0.2) is 47.7 Å². The van der Waals surface area contributed by atoms with Crippen molar-refractivity contribution >= 4 is 16.7 Å². The van der Waals surface area contributed by atoms with Crippen molar-refractivity contribution in [2.75, 3.05) is 38.2 Å². The summed E-state index contributed by atoms with van der Waals surface area (Å²) in [6.45, 7) is 5.23. The second-order valence-electron chi connectivity index (χ2n) is 6.60. The third-order valence-electron chi connectivity index (χ3n) is 5.02. The molecule has 3 heterocycles. The highest BCUT2D eigenvalue weighted by Gasteiger charge is 2.19. The number of hydrogen-bond donors (Lipinski definition) is 0. The minimum Gasteiger partial charge on any atom is -0.497 e. The molecule has 0 amide bonds. The van der Waals surface area contributed by atoms with Gasteiger partial charge >= 0.3 is 0 Å². The van der Waals surface area contributed by atoms with Gasteiger partial charge in [-0.15, -0.1) is 0 Å². The Labute approximate surface area is 148 Å². The second-order valence-corrected chi connectivity index (χ2v) is 6.60. The zero-order valence-electron chi connectivity index (χ0n) is 14.9. The van der Waals surface area contributed by atoms with E-state index in [1.54, 1.807) is 7.11 Å². The van der Waals surface area contributed by atoms with Gasteiger partial charge in [-0.2, -0.15) is 0 Å². The van der Waals surface area contributed by atoms with Crippen LogP contribution in [0.2, 0.25) is 0 Å². The van der Waals surface area contributed by atoms with Gasteiger partial charge in [0.15, 0.2) is 0 Å². The molecule has 2 aromatic heterocycles. The van der Waals surface area contributed by atoms with E-state index in [0.717, 1.165) is 44.1 Å². The number of nitrogens with zero attached hydrogens (tertiary/aromatic N) is 4. The highest BCUT2D eigenvalue weighted by molar-refractivity contribution is 5.80. The molecule has 1 saturated heterocycles. The van der Waals surface area contributed by atoms with Gasteiger partial charge in [0, 0.05) is 63.2 Å². The number of piperazine rings is 1. The molecule has 5 heteroatoms. The van der Waals surface area contributed by atoms with Gasteiger partial charge in [0.05, 0.1) is 7.11 Å². The average Bonchev–Trinajstić information content (AvgIpc) is 2.98. The quantitative estimate of drug-likeness (QED) is 0.734. The molecule has 0 bridgehead atoms. The van der Waals surface area contributed by atoms with Crippen molar-refractivity contribution in [2.45, 2.75) is 6.54 Å². The monoisotopic (exact) mass is 336 g/mol. The number of pyridine rings is 1. The summed E-state index contributed by atoms with van der Waals surface area (Å²) in [6, 6.07) is 12.5. The summed E-state index contributed by atoms with van der Waals surface area (Å²) in [5.41, 5.74) is 3.70. The van der Waals surface area contributed by atoms with Crippen LogP contribution in [0.1, 0.15) is 5.56 Å². The zero-order valence-corrected chi connectivity index (χ0v) is 14.9. The molecule has 0 spiro atoms. The van der Waals surface area contributed by atoms with Crippen LogP contribution < -0.4 is 9.64 Å². The number of aryl methyl sites for hydroxylation is 1. The smallest absolute Gasteiger partial charge is 0.139 e. The molecule has 1 aliphatic heterocycles. The molecular formula is C20H24N4O. The number of fused-ring (bicyclic) bond motifs is 1. The zero-order chi connectivity index (χ0) is 17.2. The van der Waals surface area contributed by atoms with Gasteiger partial charge in [0.2, 0.25) is 0 Å². The maximum Gasteiger partial charge on any atom is 0.139 e. The number of benzene rings is 1. The number of anilines is 1. The van der Waals surface area contributed by atoms with Gasteiger partial charge in [-0.1, -0.05) is 0 Å². The van der Waals surface area contributed by atoms with Crippen molar-refractivity contribution in [1.29, 1.82) is 0 Å². The lowest BCUT2D eigenvalue weighted by Gasteiger charge is -2.36. The van der Waals surface area contributed by atoms with Gasteiger partial charge in [-0.25, -0.2) is 4.98 Å². The summed E-state index contributed by atoms with van der Waals surface area (Å²) in [6.07, 6.45) is 4.08. The molecule has 3 aromatic rings. The molecular weight excluding hydrogens is 312 g/mol. The van der Waals surface area contributed by atoms with Gasteiger partial charge in [-0.3, -0.25) is 4.90 Å². The molecule has 0 aliphatic carbocycles. The van der Waals surface area contributed by atoms with Crippen molar-refractivity contribution in [1.82, 2.24) is 14.5 Å². The Balaban J connectivity index is 1.41. The molecule has 0 radical (unpaired) electrons. The van der Waals surface area contributed by atoms with Crippen LogP contribution in [0.4, 0.5) is 5.69 Å². The molecule has 130 valence electrons. The van der Waals surface area contributed by atoms with Crippen molar-refractivity contribution in [3.8, 4) is 5.75 Å². The van der Waals surface area contributed by atoms with E-state index < -0.39 is 0 Å². The molecule has 5 nitrogen and oxygen atoms in total. The molecule has 1 fully saturated rings. The first-order valence-corrected chi connectivity index (χ1v) is 8.75. The lowest BCUT2D eigenvalue weighted by molar-refractivity contribution is 0.250. The summed E-state index contributed by atoms with van der Waals surface area (Å²) < 4.78 is 7.37. The van der Waals surface area contributed by atoms with E-state index in [4.69, 9.17) is 4.74 Å². The van der Waals surface area contributed by atoms with Crippen LogP contribution in [-0.2, 0) is 13.6 Å². The number of ether oxygens (including phenoxy) is 1. The molecule has 25 heavy (non-hydrogen) atoms. The van der Waals surface area contributed by atoms with E-state index in [9.17, 15) is 0 Å². The molecule has 4 rings (SSSR count). The molecule has 1 aliphatic rings. The summed E-state index contributed by atoms with van der Waals surface area (Å²) in [4.78, 5) is 9.46.